The number of guanidine groups is 1. The molecule has 0 spiro atoms. The number of aliphatic imine (C=N–C) groups is 1. The number of hydrogen-bond acceptors (Lipinski definition) is 1. The molecule has 1 rings (SSSR count). The zero-order chi connectivity index (χ0) is 9.19. The van der Waals surface area contributed by atoms with Gasteiger partial charge in [-0.3, -0.25) is 4.99 Å². The van der Waals surface area contributed by atoms with E-state index in [4.69, 9.17) is 11.5 Å². The van der Waals surface area contributed by atoms with Gasteiger partial charge >= 0.3 is 0 Å². The van der Waals surface area contributed by atoms with E-state index < -0.39 is 0 Å². The van der Waals surface area contributed by atoms with E-state index in [0.29, 0.717) is 0 Å². The molecule has 0 radical (unpaired) electrons. The zero-order valence-corrected chi connectivity index (χ0v) is 8.01. The molecule has 1 aliphatic rings. The Morgan fingerprint density at radius 1 is 1.42 bits per heavy atom. The van der Waals surface area contributed by atoms with Gasteiger partial charge in [0.2, 0.25) is 0 Å². The van der Waals surface area contributed by atoms with Crippen LogP contribution >= 0.6 is 0 Å². The van der Waals surface area contributed by atoms with Crippen LogP contribution in [0.5, 0.6) is 0 Å². The lowest BCUT2D eigenvalue weighted by Gasteiger charge is -2.39. The van der Waals surface area contributed by atoms with Crippen molar-refractivity contribution in [3.8, 4) is 0 Å². The van der Waals surface area contributed by atoms with E-state index in [9.17, 15) is 0 Å². The molecule has 0 aliphatic heterocycles. The maximum atomic E-state index is 5.29. The van der Waals surface area contributed by atoms with Crippen LogP contribution in [0.25, 0.3) is 0 Å². The van der Waals surface area contributed by atoms with Gasteiger partial charge in [0.25, 0.3) is 0 Å². The Balaban J connectivity index is 2.41. The van der Waals surface area contributed by atoms with Crippen LogP contribution in [0.1, 0.15) is 33.1 Å². The first-order chi connectivity index (χ1) is 5.52. The largest absolute Gasteiger partial charge is 0.370 e. The van der Waals surface area contributed by atoms with Crippen LogP contribution in [0.3, 0.4) is 0 Å². The molecule has 12 heavy (non-hydrogen) atoms. The smallest absolute Gasteiger partial charge is 0.185 e. The van der Waals surface area contributed by atoms with Crippen molar-refractivity contribution in [3.63, 3.8) is 0 Å². The number of hydrogen-bond donors (Lipinski definition) is 2. The highest BCUT2D eigenvalue weighted by atomic mass is 15.0. The molecule has 1 fully saturated rings. The van der Waals surface area contributed by atoms with E-state index in [1.54, 1.807) is 0 Å². The van der Waals surface area contributed by atoms with Gasteiger partial charge in [-0.05, 0) is 24.2 Å². The Kier molecular flexibility index (Phi) is 2.60. The average molecular weight is 169 g/mol. The van der Waals surface area contributed by atoms with E-state index in [1.807, 2.05) is 0 Å². The van der Waals surface area contributed by atoms with Gasteiger partial charge in [-0.25, -0.2) is 0 Å². The summed E-state index contributed by atoms with van der Waals surface area (Å²) in [5.41, 5.74) is 10.9. The summed E-state index contributed by atoms with van der Waals surface area (Å²) >= 11 is 0. The molecule has 0 saturated heterocycles. The number of nitrogens with two attached hydrogens (primary N) is 2. The Morgan fingerprint density at radius 2 is 2.00 bits per heavy atom. The monoisotopic (exact) mass is 169 g/mol. The van der Waals surface area contributed by atoms with Crippen molar-refractivity contribution in [1.82, 2.24) is 0 Å². The summed E-state index contributed by atoms with van der Waals surface area (Å²) in [5.74, 6) is 1.03. The molecule has 0 heterocycles. The third-order valence-electron chi connectivity index (χ3n) is 2.88. The van der Waals surface area contributed by atoms with E-state index in [-0.39, 0.29) is 11.4 Å². The summed E-state index contributed by atoms with van der Waals surface area (Å²) in [7, 11) is 0. The quantitative estimate of drug-likeness (QED) is 0.490. The molecule has 0 aromatic heterocycles. The predicted molar refractivity (Wildman–Crippen MR) is 51.8 cm³/mol. The molecule has 0 atom stereocenters. The minimum absolute atomic E-state index is 0.211. The molecule has 0 aromatic carbocycles. The standard InChI is InChI=1S/C9H19N3/c1-9(2,6-12-8(10)11)7-4-3-5-7/h7H,3-6H2,1-2H3,(H4,10,11,12). The van der Waals surface area contributed by atoms with Crippen molar-refractivity contribution in [3.05, 3.63) is 0 Å². The van der Waals surface area contributed by atoms with Gasteiger partial charge in [0, 0.05) is 6.54 Å². The molecule has 70 valence electrons. The molecule has 0 aromatic rings. The fourth-order valence-corrected chi connectivity index (χ4v) is 1.61. The van der Waals surface area contributed by atoms with Crippen LogP contribution in [0.15, 0.2) is 4.99 Å². The Labute approximate surface area is 74.2 Å². The number of rotatable bonds is 3. The molecule has 0 bridgehead atoms. The van der Waals surface area contributed by atoms with E-state index >= 15 is 0 Å². The first-order valence-corrected chi connectivity index (χ1v) is 4.58. The van der Waals surface area contributed by atoms with Crippen LogP contribution in [0.4, 0.5) is 0 Å². The molecule has 1 aliphatic carbocycles. The second-order valence-electron chi connectivity index (χ2n) is 4.36. The highest BCUT2D eigenvalue weighted by Crippen LogP contribution is 2.41. The Hall–Kier alpha value is -0.730. The van der Waals surface area contributed by atoms with Crippen molar-refractivity contribution in [1.29, 1.82) is 0 Å². The van der Waals surface area contributed by atoms with Crippen molar-refractivity contribution in [2.45, 2.75) is 33.1 Å². The highest BCUT2D eigenvalue weighted by Gasteiger charge is 2.33. The topological polar surface area (TPSA) is 64.4 Å². The Morgan fingerprint density at radius 3 is 2.33 bits per heavy atom. The molecule has 3 nitrogen and oxygen atoms in total. The lowest BCUT2D eigenvalue weighted by molar-refractivity contribution is 0.130. The number of nitrogens with zero attached hydrogens (tertiary/aromatic N) is 1. The van der Waals surface area contributed by atoms with Crippen LogP contribution in [0.2, 0.25) is 0 Å². The maximum absolute atomic E-state index is 5.29. The van der Waals surface area contributed by atoms with Crippen LogP contribution in [0, 0.1) is 11.3 Å². The fourth-order valence-electron chi connectivity index (χ4n) is 1.61. The summed E-state index contributed by atoms with van der Waals surface area (Å²) < 4.78 is 0. The average Bonchev–Trinajstić information content (AvgIpc) is 1.78. The minimum Gasteiger partial charge on any atom is -0.370 e. The summed E-state index contributed by atoms with van der Waals surface area (Å²) in [6.07, 6.45) is 4.05. The van der Waals surface area contributed by atoms with Gasteiger partial charge in [0.15, 0.2) is 5.96 Å². The summed E-state index contributed by atoms with van der Waals surface area (Å²) in [4.78, 5) is 4.07. The van der Waals surface area contributed by atoms with Crippen LogP contribution in [-0.2, 0) is 0 Å². The highest BCUT2D eigenvalue weighted by molar-refractivity contribution is 5.75. The molecule has 1 saturated carbocycles. The molecule has 0 unspecified atom stereocenters. The van der Waals surface area contributed by atoms with Gasteiger partial charge in [-0.15, -0.1) is 0 Å². The second kappa shape index (κ2) is 3.33. The molecule has 3 heteroatoms. The summed E-state index contributed by atoms with van der Waals surface area (Å²) in [6.45, 7) is 5.24. The van der Waals surface area contributed by atoms with E-state index in [2.05, 4.69) is 18.8 Å². The lowest BCUT2D eigenvalue weighted by Crippen LogP contribution is -2.34. The SMILES string of the molecule is CC(C)(CN=C(N)N)C1CCC1. The molecular weight excluding hydrogens is 150 g/mol. The van der Waals surface area contributed by atoms with Gasteiger partial charge in [-0.1, -0.05) is 20.3 Å². The van der Waals surface area contributed by atoms with Gasteiger partial charge in [-0.2, -0.15) is 0 Å². The van der Waals surface area contributed by atoms with Crippen molar-refractivity contribution >= 4 is 5.96 Å². The van der Waals surface area contributed by atoms with Gasteiger partial charge in [0.1, 0.15) is 0 Å². The van der Waals surface area contributed by atoms with Crippen molar-refractivity contribution in [2.24, 2.45) is 27.8 Å². The first-order valence-electron chi connectivity index (χ1n) is 4.58. The van der Waals surface area contributed by atoms with Crippen molar-refractivity contribution < 1.29 is 0 Å². The van der Waals surface area contributed by atoms with Gasteiger partial charge in [0.05, 0.1) is 0 Å². The van der Waals surface area contributed by atoms with Crippen molar-refractivity contribution in [2.75, 3.05) is 6.54 Å². The maximum Gasteiger partial charge on any atom is 0.185 e. The second-order valence-corrected chi connectivity index (χ2v) is 4.36. The first kappa shape index (κ1) is 9.36. The van der Waals surface area contributed by atoms with E-state index in [0.717, 1.165) is 12.5 Å². The van der Waals surface area contributed by atoms with Crippen LogP contribution in [-0.4, -0.2) is 12.5 Å². The third kappa shape index (κ3) is 2.13. The van der Waals surface area contributed by atoms with Crippen LogP contribution < -0.4 is 11.5 Å². The fraction of sp³-hybridized carbons (Fsp3) is 0.889. The normalized spacial score (nSPS) is 18.5. The minimum atomic E-state index is 0.211. The lowest BCUT2D eigenvalue weighted by atomic mass is 9.67. The molecule has 4 N–H and O–H groups in total. The van der Waals surface area contributed by atoms with Gasteiger partial charge < -0.3 is 11.5 Å². The summed E-state index contributed by atoms with van der Waals surface area (Å²) in [6, 6.07) is 0. The predicted octanol–water partition coefficient (Wildman–Crippen LogP) is 1.09. The zero-order valence-electron chi connectivity index (χ0n) is 8.01. The Bertz CT molecular complexity index is 176. The third-order valence-corrected chi connectivity index (χ3v) is 2.88. The molecule has 0 amide bonds. The van der Waals surface area contributed by atoms with E-state index in [1.165, 1.54) is 19.3 Å². The molecular formula is C9H19N3. The summed E-state index contributed by atoms with van der Waals surface area (Å²) in [5, 5.41) is 0.